The molecule has 1 amide bonds. The van der Waals surface area contributed by atoms with Crippen LogP contribution in [0.1, 0.15) is 33.1 Å². The van der Waals surface area contributed by atoms with Crippen molar-refractivity contribution >= 4 is 33.3 Å². The molecule has 7 nitrogen and oxygen atoms in total. The molecular formula is C16H21FN2O5S. The maximum Gasteiger partial charge on any atom is 0.303 e. The maximum absolute atomic E-state index is 14.0. The van der Waals surface area contributed by atoms with Gasteiger partial charge in [-0.05, 0) is 30.0 Å². The molecule has 0 bridgehead atoms. The van der Waals surface area contributed by atoms with E-state index in [1.165, 1.54) is 12.1 Å². The quantitative estimate of drug-likeness (QED) is 0.797. The zero-order valence-corrected chi connectivity index (χ0v) is 14.9. The van der Waals surface area contributed by atoms with E-state index in [0.717, 1.165) is 10.4 Å². The monoisotopic (exact) mass is 372 g/mol. The molecular weight excluding hydrogens is 351 g/mol. The van der Waals surface area contributed by atoms with E-state index in [0.29, 0.717) is 6.42 Å². The number of benzene rings is 1. The van der Waals surface area contributed by atoms with Crippen LogP contribution in [0.2, 0.25) is 0 Å². The fourth-order valence-electron chi connectivity index (χ4n) is 2.80. The van der Waals surface area contributed by atoms with Crippen molar-refractivity contribution in [1.82, 2.24) is 0 Å². The van der Waals surface area contributed by atoms with Gasteiger partial charge in [-0.25, -0.2) is 12.8 Å². The van der Waals surface area contributed by atoms with Crippen LogP contribution in [-0.4, -0.2) is 37.7 Å². The summed E-state index contributed by atoms with van der Waals surface area (Å²) in [5.41, 5.74) is -0.577. The number of carbonyl (C=O) groups excluding carboxylic acids is 1. The van der Waals surface area contributed by atoms with E-state index in [1.807, 2.05) is 0 Å². The minimum absolute atomic E-state index is 0.0337. The van der Waals surface area contributed by atoms with Crippen molar-refractivity contribution in [2.45, 2.75) is 33.1 Å². The van der Waals surface area contributed by atoms with Crippen LogP contribution in [0.25, 0.3) is 0 Å². The first-order valence-electron chi connectivity index (χ1n) is 7.82. The van der Waals surface area contributed by atoms with Gasteiger partial charge in [-0.3, -0.25) is 13.9 Å². The van der Waals surface area contributed by atoms with Gasteiger partial charge in [-0.2, -0.15) is 0 Å². The number of anilines is 2. The summed E-state index contributed by atoms with van der Waals surface area (Å²) in [6, 6.07) is 3.71. The Labute approximate surface area is 145 Å². The zero-order chi connectivity index (χ0) is 18.8. The summed E-state index contributed by atoms with van der Waals surface area (Å²) >= 11 is 0. The van der Waals surface area contributed by atoms with Crippen LogP contribution >= 0.6 is 0 Å². The molecule has 1 heterocycles. The van der Waals surface area contributed by atoms with Gasteiger partial charge in [0, 0.05) is 18.7 Å². The SMILES string of the molecule is CC(C)(CC(=O)O)CC(=O)Nc1ccc(F)c(N2CCCS2(=O)=O)c1. The van der Waals surface area contributed by atoms with Crippen molar-refractivity contribution in [3.05, 3.63) is 24.0 Å². The van der Waals surface area contributed by atoms with E-state index in [4.69, 9.17) is 5.11 Å². The molecule has 9 heteroatoms. The van der Waals surface area contributed by atoms with E-state index in [1.54, 1.807) is 13.8 Å². The van der Waals surface area contributed by atoms with Gasteiger partial charge < -0.3 is 10.4 Å². The largest absolute Gasteiger partial charge is 0.481 e. The molecule has 138 valence electrons. The molecule has 1 aliphatic rings. The van der Waals surface area contributed by atoms with Crippen molar-refractivity contribution < 1.29 is 27.5 Å². The highest BCUT2D eigenvalue weighted by molar-refractivity contribution is 7.93. The second-order valence-corrected chi connectivity index (χ2v) is 8.88. The third kappa shape index (κ3) is 4.91. The standard InChI is InChI=1S/C16H21FN2O5S/c1-16(2,10-15(21)22)9-14(20)18-11-4-5-12(17)13(8-11)19-6-3-7-25(19,23)24/h4-5,8H,3,6-7,9-10H2,1-2H3,(H,18,20)(H,21,22). The Bertz CT molecular complexity index is 792. The molecule has 25 heavy (non-hydrogen) atoms. The first-order chi connectivity index (χ1) is 11.5. The lowest BCUT2D eigenvalue weighted by Crippen LogP contribution is -2.27. The predicted octanol–water partition coefficient (Wildman–Crippen LogP) is 2.20. The normalized spacial score (nSPS) is 16.7. The van der Waals surface area contributed by atoms with Gasteiger partial charge in [0.05, 0.1) is 17.9 Å². The van der Waals surface area contributed by atoms with Gasteiger partial charge in [-0.1, -0.05) is 13.8 Å². The maximum atomic E-state index is 14.0. The Morgan fingerprint density at radius 3 is 2.56 bits per heavy atom. The smallest absolute Gasteiger partial charge is 0.303 e. The number of halogens is 1. The second kappa shape index (κ2) is 6.99. The highest BCUT2D eigenvalue weighted by atomic mass is 32.2. The lowest BCUT2D eigenvalue weighted by Gasteiger charge is -2.22. The van der Waals surface area contributed by atoms with Crippen LogP contribution in [0.5, 0.6) is 0 Å². The van der Waals surface area contributed by atoms with Gasteiger partial charge in [0.2, 0.25) is 15.9 Å². The number of carboxylic acid groups (broad SMARTS) is 1. The number of sulfonamides is 1. The molecule has 1 aromatic rings. The summed E-state index contributed by atoms with van der Waals surface area (Å²) in [7, 11) is -3.53. The predicted molar refractivity (Wildman–Crippen MR) is 91.4 cm³/mol. The molecule has 0 spiro atoms. The average Bonchev–Trinajstić information content (AvgIpc) is 2.78. The molecule has 0 radical (unpaired) electrons. The van der Waals surface area contributed by atoms with Gasteiger partial charge in [0.25, 0.3) is 0 Å². The Morgan fingerprint density at radius 1 is 1.32 bits per heavy atom. The number of nitrogens with zero attached hydrogens (tertiary/aromatic N) is 1. The van der Waals surface area contributed by atoms with Crippen LogP contribution in [0.15, 0.2) is 18.2 Å². The van der Waals surface area contributed by atoms with E-state index in [9.17, 15) is 22.4 Å². The molecule has 1 aromatic carbocycles. The number of carboxylic acids is 1. The highest BCUT2D eigenvalue weighted by Crippen LogP contribution is 2.30. The topological polar surface area (TPSA) is 104 Å². The number of hydrogen-bond acceptors (Lipinski definition) is 4. The first-order valence-corrected chi connectivity index (χ1v) is 9.43. The Kier molecular flexibility index (Phi) is 5.36. The summed E-state index contributed by atoms with van der Waals surface area (Å²) in [4.78, 5) is 22.9. The molecule has 1 saturated heterocycles. The van der Waals surface area contributed by atoms with Crippen molar-refractivity contribution in [2.75, 3.05) is 21.9 Å². The van der Waals surface area contributed by atoms with Gasteiger partial charge in [0.1, 0.15) is 5.82 Å². The summed E-state index contributed by atoms with van der Waals surface area (Å²) in [5, 5.41) is 11.4. The van der Waals surface area contributed by atoms with Crippen LogP contribution < -0.4 is 9.62 Å². The summed E-state index contributed by atoms with van der Waals surface area (Å²) < 4.78 is 38.9. The summed E-state index contributed by atoms with van der Waals surface area (Å²) in [6.45, 7) is 3.52. The number of nitrogens with one attached hydrogen (secondary N) is 1. The van der Waals surface area contributed by atoms with Crippen LogP contribution in [-0.2, 0) is 19.6 Å². The van der Waals surface area contributed by atoms with Crippen LogP contribution in [0.4, 0.5) is 15.8 Å². The molecule has 0 atom stereocenters. The van der Waals surface area contributed by atoms with Crippen LogP contribution in [0.3, 0.4) is 0 Å². The van der Waals surface area contributed by atoms with Gasteiger partial charge in [0.15, 0.2) is 0 Å². The summed E-state index contributed by atoms with van der Waals surface area (Å²) in [6.07, 6.45) is 0.219. The van der Waals surface area contributed by atoms with Crippen LogP contribution in [0, 0.1) is 11.2 Å². The fraction of sp³-hybridized carbons (Fsp3) is 0.500. The van der Waals surface area contributed by atoms with Gasteiger partial charge in [-0.15, -0.1) is 0 Å². The molecule has 0 aliphatic carbocycles. The number of aliphatic carboxylic acids is 1. The Morgan fingerprint density at radius 2 is 2.00 bits per heavy atom. The second-order valence-electron chi connectivity index (χ2n) is 6.87. The lowest BCUT2D eigenvalue weighted by atomic mass is 9.85. The van der Waals surface area contributed by atoms with E-state index in [-0.39, 0.29) is 36.5 Å². The fourth-order valence-corrected chi connectivity index (χ4v) is 4.36. The van der Waals surface area contributed by atoms with Crippen molar-refractivity contribution in [2.24, 2.45) is 5.41 Å². The Balaban J connectivity index is 2.15. The molecule has 0 saturated carbocycles. The van der Waals surface area contributed by atoms with Gasteiger partial charge >= 0.3 is 5.97 Å². The highest BCUT2D eigenvalue weighted by Gasteiger charge is 2.31. The number of rotatable bonds is 6. The number of hydrogen-bond donors (Lipinski definition) is 2. The molecule has 1 aliphatic heterocycles. The molecule has 1 fully saturated rings. The van der Waals surface area contributed by atoms with Crippen molar-refractivity contribution in [1.29, 1.82) is 0 Å². The third-order valence-corrected chi connectivity index (χ3v) is 5.72. The molecule has 0 aromatic heterocycles. The number of amides is 1. The summed E-state index contributed by atoms with van der Waals surface area (Å²) in [5.74, 6) is -2.14. The van der Waals surface area contributed by atoms with Crippen molar-refractivity contribution in [3.63, 3.8) is 0 Å². The molecule has 0 unspecified atom stereocenters. The minimum Gasteiger partial charge on any atom is -0.481 e. The van der Waals surface area contributed by atoms with E-state index >= 15 is 0 Å². The zero-order valence-electron chi connectivity index (χ0n) is 14.1. The lowest BCUT2D eigenvalue weighted by molar-refractivity contribution is -0.139. The minimum atomic E-state index is -3.53. The molecule has 2 rings (SSSR count). The third-order valence-electron chi connectivity index (χ3n) is 3.87. The average molecular weight is 372 g/mol. The first kappa shape index (κ1) is 19.2. The Hall–Kier alpha value is -2.16. The number of carbonyl (C=O) groups is 2. The van der Waals surface area contributed by atoms with E-state index < -0.39 is 33.1 Å². The van der Waals surface area contributed by atoms with Crippen molar-refractivity contribution in [3.8, 4) is 0 Å². The molecule has 2 N–H and O–H groups in total. The van der Waals surface area contributed by atoms with E-state index in [2.05, 4.69) is 5.32 Å².